The van der Waals surface area contributed by atoms with Gasteiger partial charge in [0.15, 0.2) is 0 Å². The molecule has 122 valence electrons. The summed E-state index contributed by atoms with van der Waals surface area (Å²) in [6.07, 6.45) is 13.1. The summed E-state index contributed by atoms with van der Waals surface area (Å²) in [5.41, 5.74) is 1.40. The first-order chi connectivity index (χ1) is 10.3. The van der Waals surface area contributed by atoms with E-state index in [0.29, 0.717) is 6.04 Å². The first-order valence-electron chi connectivity index (χ1n) is 9.00. The average Bonchev–Trinajstić information content (AvgIpc) is 2.76. The van der Waals surface area contributed by atoms with Crippen LogP contribution >= 0.6 is 0 Å². The van der Waals surface area contributed by atoms with Gasteiger partial charge < -0.3 is 14.8 Å². The Hall–Kier alpha value is -0.540. The van der Waals surface area contributed by atoms with E-state index in [0.717, 1.165) is 39.0 Å². The van der Waals surface area contributed by atoms with E-state index in [9.17, 15) is 0 Å². The van der Waals surface area contributed by atoms with E-state index in [1.807, 2.05) is 6.26 Å². The summed E-state index contributed by atoms with van der Waals surface area (Å²) in [6, 6.07) is 0.329. The van der Waals surface area contributed by atoms with Crippen LogP contribution < -0.4 is 5.32 Å². The van der Waals surface area contributed by atoms with Crippen LogP contribution in [-0.4, -0.2) is 31.4 Å². The fourth-order valence-corrected chi connectivity index (χ4v) is 3.87. The second kappa shape index (κ2) is 8.79. The van der Waals surface area contributed by atoms with Crippen LogP contribution in [0.25, 0.3) is 0 Å². The Morgan fingerprint density at radius 3 is 2.52 bits per heavy atom. The van der Waals surface area contributed by atoms with E-state index in [1.54, 1.807) is 0 Å². The molecular weight excluding hydrogens is 262 g/mol. The van der Waals surface area contributed by atoms with Gasteiger partial charge in [0.2, 0.25) is 0 Å². The third-order valence-electron chi connectivity index (χ3n) is 4.84. The minimum Gasteiger partial charge on any atom is -0.501 e. The van der Waals surface area contributed by atoms with Gasteiger partial charge in [0.25, 0.3) is 0 Å². The van der Waals surface area contributed by atoms with Crippen molar-refractivity contribution >= 4 is 0 Å². The smallest absolute Gasteiger partial charge is 0.0876 e. The van der Waals surface area contributed by atoms with Crippen molar-refractivity contribution in [2.45, 2.75) is 83.3 Å². The molecule has 1 fully saturated rings. The minimum absolute atomic E-state index is 0.0209. The molecule has 0 bridgehead atoms. The predicted octanol–water partition coefficient (Wildman–Crippen LogP) is 4.18. The Kier molecular flexibility index (Phi) is 7.05. The molecule has 1 aliphatic carbocycles. The lowest BCUT2D eigenvalue weighted by molar-refractivity contribution is -0.0703. The number of rotatable bonds is 7. The van der Waals surface area contributed by atoms with Gasteiger partial charge in [-0.25, -0.2) is 0 Å². The van der Waals surface area contributed by atoms with Crippen LogP contribution in [0.3, 0.4) is 0 Å². The van der Waals surface area contributed by atoms with Crippen LogP contribution in [0.5, 0.6) is 0 Å². The fraction of sp³-hybridized carbons (Fsp3) is 0.889. The van der Waals surface area contributed by atoms with Crippen molar-refractivity contribution in [2.24, 2.45) is 0 Å². The van der Waals surface area contributed by atoms with Gasteiger partial charge in [-0.05, 0) is 51.1 Å². The molecule has 1 atom stereocenters. The van der Waals surface area contributed by atoms with E-state index in [1.165, 1.54) is 44.1 Å². The van der Waals surface area contributed by atoms with Crippen molar-refractivity contribution < 1.29 is 9.47 Å². The Balaban J connectivity index is 2.21. The fourth-order valence-electron chi connectivity index (χ4n) is 3.87. The number of hydrogen-bond donors (Lipinski definition) is 1. The maximum atomic E-state index is 6.40. The van der Waals surface area contributed by atoms with Gasteiger partial charge in [-0.2, -0.15) is 0 Å². The van der Waals surface area contributed by atoms with Crippen LogP contribution in [0.1, 0.15) is 71.6 Å². The lowest BCUT2D eigenvalue weighted by Gasteiger charge is -2.42. The molecule has 1 unspecified atom stereocenters. The first-order valence-corrected chi connectivity index (χ1v) is 9.00. The topological polar surface area (TPSA) is 30.5 Å². The van der Waals surface area contributed by atoms with Crippen LogP contribution in [0.4, 0.5) is 0 Å². The molecule has 2 aliphatic rings. The molecular formula is C18H33NO2. The second-order valence-electron chi connectivity index (χ2n) is 6.47. The summed E-state index contributed by atoms with van der Waals surface area (Å²) in [4.78, 5) is 0. The lowest BCUT2D eigenvalue weighted by Crippen LogP contribution is -2.54. The normalized spacial score (nSPS) is 23.8. The Bertz CT molecular complexity index is 319. The highest BCUT2D eigenvalue weighted by molar-refractivity contribution is 5.18. The van der Waals surface area contributed by atoms with Crippen molar-refractivity contribution in [1.29, 1.82) is 0 Å². The molecule has 0 aromatic carbocycles. The summed E-state index contributed by atoms with van der Waals surface area (Å²) >= 11 is 0. The first kappa shape index (κ1) is 16.8. The predicted molar refractivity (Wildman–Crippen MR) is 87.4 cm³/mol. The molecule has 3 nitrogen and oxygen atoms in total. The summed E-state index contributed by atoms with van der Waals surface area (Å²) in [5, 5.41) is 3.79. The zero-order valence-corrected chi connectivity index (χ0v) is 14.0. The largest absolute Gasteiger partial charge is 0.501 e. The van der Waals surface area contributed by atoms with E-state index in [4.69, 9.17) is 9.47 Å². The van der Waals surface area contributed by atoms with Gasteiger partial charge >= 0.3 is 0 Å². The Labute approximate surface area is 130 Å². The van der Waals surface area contributed by atoms with E-state index < -0.39 is 0 Å². The van der Waals surface area contributed by atoms with Crippen LogP contribution in [0, 0.1) is 0 Å². The molecule has 2 rings (SSSR count). The van der Waals surface area contributed by atoms with Crippen LogP contribution in [0.15, 0.2) is 11.8 Å². The third-order valence-corrected chi connectivity index (χ3v) is 4.84. The van der Waals surface area contributed by atoms with Gasteiger partial charge in [0.1, 0.15) is 0 Å². The van der Waals surface area contributed by atoms with Gasteiger partial charge in [-0.15, -0.1) is 0 Å². The third kappa shape index (κ3) is 4.46. The molecule has 0 amide bonds. The zero-order chi connectivity index (χ0) is 15.0. The highest BCUT2D eigenvalue weighted by Crippen LogP contribution is 2.37. The molecule has 0 aromatic rings. The lowest BCUT2D eigenvalue weighted by atomic mass is 9.80. The van der Waals surface area contributed by atoms with Gasteiger partial charge in [-0.1, -0.05) is 32.6 Å². The molecule has 0 spiro atoms. The second-order valence-corrected chi connectivity index (χ2v) is 6.47. The Morgan fingerprint density at radius 2 is 1.95 bits per heavy atom. The van der Waals surface area contributed by atoms with Gasteiger partial charge in [-0.3, -0.25) is 0 Å². The molecule has 1 N–H and O–H groups in total. The highest BCUT2D eigenvalue weighted by atomic mass is 16.5. The van der Waals surface area contributed by atoms with Crippen molar-refractivity contribution in [3.05, 3.63) is 11.8 Å². The van der Waals surface area contributed by atoms with Gasteiger partial charge in [0, 0.05) is 6.61 Å². The quantitative estimate of drug-likeness (QED) is 0.715. The van der Waals surface area contributed by atoms with E-state index in [-0.39, 0.29) is 5.60 Å². The van der Waals surface area contributed by atoms with Crippen molar-refractivity contribution in [3.8, 4) is 0 Å². The van der Waals surface area contributed by atoms with Crippen molar-refractivity contribution in [3.63, 3.8) is 0 Å². The molecule has 0 radical (unpaired) electrons. The summed E-state index contributed by atoms with van der Waals surface area (Å²) in [6.45, 7) is 7.09. The molecule has 1 heterocycles. The van der Waals surface area contributed by atoms with E-state index >= 15 is 0 Å². The van der Waals surface area contributed by atoms with Gasteiger partial charge in [0.05, 0.1) is 24.5 Å². The molecule has 0 saturated heterocycles. The number of ether oxygens (including phenoxy) is 2. The maximum absolute atomic E-state index is 6.40. The number of hydrogen-bond acceptors (Lipinski definition) is 3. The van der Waals surface area contributed by atoms with E-state index in [2.05, 4.69) is 19.2 Å². The summed E-state index contributed by atoms with van der Waals surface area (Å²) in [5.74, 6) is 0. The van der Waals surface area contributed by atoms with Crippen LogP contribution in [0.2, 0.25) is 0 Å². The highest BCUT2D eigenvalue weighted by Gasteiger charge is 2.41. The molecule has 1 aliphatic heterocycles. The average molecular weight is 295 g/mol. The van der Waals surface area contributed by atoms with Crippen molar-refractivity contribution in [2.75, 3.05) is 19.8 Å². The van der Waals surface area contributed by atoms with Crippen molar-refractivity contribution in [1.82, 2.24) is 5.32 Å². The summed E-state index contributed by atoms with van der Waals surface area (Å²) in [7, 11) is 0. The Morgan fingerprint density at radius 1 is 1.19 bits per heavy atom. The maximum Gasteiger partial charge on any atom is 0.0876 e. The molecule has 1 saturated carbocycles. The SMILES string of the molecule is CCCNC(C1=COCCC1)C1(OCC)CCCCCC1. The minimum atomic E-state index is -0.0209. The molecule has 21 heavy (non-hydrogen) atoms. The number of nitrogens with one attached hydrogen (secondary N) is 1. The van der Waals surface area contributed by atoms with Crippen LogP contribution in [-0.2, 0) is 9.47 Å². The monoisotopic (exact) mass is 295 g/mol. The molecule has 3 heteroatoms. The molecule has 0 aromatic heterocycles. The zero-order valence-electron chi connectivity index (χ0n) is 14.0. The summed E-state index contributed by atoms with van der Waals surface area (Å²) < 4.78 is 12.0. The standard InChI is InChI=1S/C18H33NO2/c1-3-13-19-17(16-10-9-14-20-15-16)18(21-4-2)11-7-5-6-8-12-18/h15,17,19H,3-14H2,1-2H3.